The molecular weight excluding hydrogens is 179 g/mol. The molecule has 0 heterocycles. The molecule has 0 rings (SSSR count). The molecule has 0 atom stereocenters. The molecule has 0 unspecified atom stereocenters. The maximum atomic E-state index is 10.1. The van der Waals surface area contributed by atoms with E-state index in [-0.39, 0.29) is 31.0 Å². The Labute approximate surface area is 91.0 Å². The van der Waals surface area contributed by atoms with Gasteiger partial charge in [0.25, 0.3) is 5.41 Å². The molecule has 0 aliphatic heterocycles. The van der Waals surface area contributed by atoms with Gasteiger partial charge in [0.05, 0.1) is 0 Å². The Morgan fingerprint density at radius 3 is 1.17 bits per heavy atom. The van der Waals surface area contributed by atoms with E-state index in [4.69, 9.17) is 15.3 Å². The van der Waals surface area contributed by atoms with Crippen molar-refractivity contribution in [2.45, 2.75) is 6.92 Å². The third-order valence-corrected chi connectivity index (χ3v) is 1.28. The summed E-state index contributed by atoms with van der Waals surface area (Å²) in [6.45, 7) is 0.611. The summed E-state index contributed by atoms with van der Waals surface area (Å²) in [5.41, 5.74) is -2.75. The van der Waals surface area contributed by atoms with E-state index in [1.165, 1.54) is 0 Å². The average Bonchev–Trinajstić information content (AvgIpc) is 1.84. The summed E-state index contributed by atoms with van der Waals surface area (Å²) in [7, 11) is 0. The molecular formula is C5H7NaO6. The van der Waals surface area contributed by atoms with Crippen LogP contribution in [0.1, 0.15) is 8.35 Å². The van der Waals surface area contributed by atoms with Gasteiger partial charge in [-0.15, -0.1) is 0 Å². The third-order valence-electron chi connectivity index (χ3n) is 1.28. The summed E-state index contributed by atoms with van der Waals surface area (Å²) in [5, 5.41) is 24.6. The number of aliphatic carboxylic acids is 3. The molecule has 0 aromatic carbocycles. The van der Waals surface area contributed by atoms with Gasteiger partial charge in [0, 0.05) is 0 Å². The molecule has 0 fully saturated rings. The van der Waals surface area contributed by atoms with Crippen molar-refractivity contribution in [3.8, 4) is 0 Å². The monoisotopic (exact) mass is 186 g/mol. The molecule has 0 amide bonds. The number of hydrogen-bond donors (Lipinski definition) is 3. The van der Waals surface area contributed by atoms with Crippen molar-refractivity contribution in [3.63, 3.8) is 0 Å². The summed E-state index contributed by atoms with van der Waals surface area (Å²) in [4.78, 5) is 30.4. The van der Waals surface area contributed by atoms with Gasteiger partial charge in [-0.05, 0) is 6.92 Å². The standard InChI is InChI=1S/C5H6O6.Na.H/c1-5(2(6)7,3(8)9)4(10)11;;/h1H3,(H,6,7)(H,8,9)(H,10,11);;/q;+1;-1. The van der Waals surface area contributed by atoms with Crippen molar-refractivity contribution in [1.82, 2.24) is 0 Å². The Morgan fingerprint density at radius 2 is 1.17 bits per heavy atom. The van der Waals surface area contributed by atoms with Gasteiger partial charge in [-0.3, -0.25) is 14.4 Å². The van der Waals surface area contributed by atoms with Crippen LogP contribution in [0.3, 0.4) is 0 Å². The quantitative estimate of drug-likeness (QED) is 0.309. The summed E-state index contributed by atoms with van der Waals surface area (Å²) >= 11 is 0. The molecule has 0 spiro atoms. The van der Waals surface area contributed by atoms with E-state index in [1.807, 2.05) is 0 Å². The van der Waals surface area contributed by atoms with E-state index in [2.05, 4.69) is 0 Å². The van der Waals surface area contributed by atoms with Crippen LogP contribution in [0, 0.1) is 5.41 Å². The predicted octanol–water partition coefficient (Wildman–Crippen LogP) is -3.64. The van der Waals surface area contributed by atoms with Crippen LogP contribution in [0.15, 0.2) is 0 Å². The Balaban J connectivity index is -0.000000500. The Kier molecular flexibility index (Phi) is 5.17. The van der Waals surface area contributed by atoms with Gasteiger partial charge in [0.15, 0.2) is 0 Å². The number of hydrogen-bond acceptors (Lipinski definition) is 3. The fourth-order valence-electron chi connectivity index (χ4n) is 0.274. The van der Waals surface area contributed by atoms with E-state index in [0.29, 0.717) is 6.92 Å². The van der Waals surface area contributed by atoms with Crippen LogP contribution < -0.4 is 29.6 Å². The van der Waals surface area contributed by atoms with Gasteiger partial charge in [0.1, 0.15) is 0 Å². The van der Waals surface area contributed by atoms with E-state index >= 15 is 0 Å². The Morgan fingerprint density at radius 1 is 1.00 bits per heavy atom. The van der Waals surface area contributed by atoms with Crippen molar-refractivity contribution in [3.05, 3.63) is 0 Å². The second-order valence-electron chi connectivity index (χ2n) is 2.04. The zero-order valence-electron chi connectivity index (χ0n) is 7.57. The van der Waals surface area contributed by atoms with Gasteiger partial charge in [-0.25, -0.2) is 0 Å². The minimum absolute atomic E-state index is 0. The van der Waals surface area contributed by atoms with Gasteiger partial charge in [-0.1, -0.05) is 0 Å². The number of rotatable bonds is 3. The molecule has 12 heavy (non-hydrogen) atoms. The third kappa shape index (κ3) is 2.20. The van der Waals surface area contributed by atoms with Crippen molar-refractivity contribution in [2.24, 2.45) is 5.41 Å². The second-order valence-corrected chi connectivity index (χ2v) is 2.04. The SMILES string of the molecule is CC(C(=O)O)(C(=O)O)C(=O)O.[H-].[Na+]. The minimum Gasteiger partial charge on any atom is -1.00 e. The first kappa shape index (κ1) is 14.0. The summed E-state index contributed by atoms with van der Waals surface area (Å²) < 4.78 is 0. The van der Waals surface area contributed by atoms with Crippen LogP contribution >= 0.6 is 0 Å². The molecule has 0 radical (unpaired) electrons. The van der Waals surface area contributed by atoms with Crippen LogP contribution in [-0.2, 0) is 14.4 Å². The molecule has 0 aliphatic carbocycles. The largest absolute Gasteiger partial charge is 1.00 e. The smallest absolute Gasteiger partial charge is 1.00 e. The number of carboxylic acids is 3. The van der Waals surface area contributed by atoms with Gasteiger partial charge in [-0.2, -0.15) is 0 Å². The molecule has 64 valence electrons. The van der Waals surface area contributed by atoms with Crippen LogP contribution in [-0.4, -0.2) is 33.2 Å². The fourth-order valence-corrected chi connectivity index (χ4v) is 0.274. The summed E-state index contributed by atoms with van der Waals surface area (Å²) in [5.74, 6) is -5.67. The maximum absolute atomic E-state index is 10.1. The molecule has 6 nitrogen and oxygen atoms in total. The average molecular weight is 186 g/mol. The zero-order valence-corrected chi connectivity index (χ0v) is 8.57. The maximum Gasteiger partial charge on any atom is 1.00 e. The van der Waals surface area contributed by atoms with Crippen molar-refractivity contribution in [2.75, 3.05) is 0 Å². The van der Waals surface area contributed by atoms with Crippen LogP contribution in [0.2, 0.25) is 0 Å². The molecule has 3 N–H and O–H groups in total. The topological polar surface area (TPSA) is 112 Å². The zero-order chi connectivity index (χ0) is 9.23. The molecule has 7 heteroatoms. The van der Waals surface area contributed by atoms with E-state index in [1.54, 1.807) is 0 Å². The molecule has 0 bridgehead atoms. The Hall–Kier alpha value is -0.590. The summed E-state index contributed by atoms with van der Waals surface area (Å²) in [6.07, 6.45) is 0. The number of carboxylic acid groups (broad SMARTS) is 3. The first-order valence-corrected chi connectivity index (χ1v) is 2.53. The second kappa shape index (κ2) is 4.44. The first-order valence-electron chi connectivity index (χ1n) is 2.53. The van der Waals surface area contributed by atoms with Crippen molar-refractivity contribution < 1.29 is 60.7 Å². The predicted molar refractivity (Wildman–Crippen MR) is 32.1 cm³/mol. The molecule has 0 aliphatic rings. The van der Waals surface area contributed by atoms with Crippen LogP contribution in [0.25, 0.3) is 0 Å². The van der Waals surface area contributed by atoms with Gasteiger partial charge in [0.2, 0.25) is 0 Å². The van der Waals surface area contributed by atoms with Crippen molar-refractivity contribution in [1.29, 1.82) is 0 Å². The molecule has 0 saturated heterocycles. The van der Waals surface area contributed by atoms with E-state index in [0.717, 1.165) is 0 Å². The molecule has 0 aromatic heterocycles. The normalized spacial score (nSPS) is 9.75. The summed E-state index contributed by atoms with van der Waals surface area (Å²) in [6, 6.07) is 0. The van der Waals surface area contributed by atoms with Gasteiger partial charge >= 0.3 is 47.5 Å². The van der Waals surface area contributed by atoms with E-state index < -0.39 is 23.3 Å². The minimum atomic E-state index is -2.75. The Bertz CT molecular complexity index is 191. The van der Waals surface area contributed by atoms with Gasteiger partial charge < -0.3 is 16.7 Å². The molecule has 0 saturated carbocycles. The first-order chi connectivity index (χ1) is 4.83. The van der Waals surface area contributed by atoms with Crippen LogP contribution in [0.5, 0.6) is 0 Å². The fraction of sp³-hybridized carbons (Fsp3) is 0.400. The van der Waals surface area contributed by atoms with Crippen molar-refractivity contribution >= 4 is 17.9 Å². The molecule has 0 aromatic rings. The number of carbonyl (C=O) groups is 3. The van der Waals surface area contributed by atoms with Crippen LogP contribution in [0.4, 0.5) is 0 Å². The van der Waals surface area contributed by atoms with E-state index in [9.17, 15) is 14.4 Å².